The van der Waals surface area contributed by atoms with Gasteiger partial charge in [-0.1, -0.05) is 13.8 Å². The lowest BCUT2D eigenvalue weighted by atomic mass is 10.2. The van der Waals surface area contributed by atoms with Crippen molar-refractivity contribution < 1.29 is 4.74 Å². The van der Waals surface area contributed by atoms with Crippen LogP contribution >= 0.6 is 11.3 Å². The number of hydrogen-bond donors (Lipinski definition) is 1. The van der Waals surface area contributed by atoms with Gasteiger partial charge in [-0.05, 0) is 18.9 Å². The van der Waals surface area contributed by atoms with E-state index in [9.17, 15) is 0 Å². The van der Waals surface area contributed by atoms with E-state index in [0.29, 0.717) is 5.92 Å². The van der Waals surface area contributed by atoms with Gasteiger partial charge in [-0.3, -0.25) is 4.90 Å². The van der Waals surface area contributed by atoms with Crippen LogP contribution in [0.1, 0.15) is 31.0 Å². The van der Waals surface area contributed by atoms with Crippen molar-refractivity contribution in [1.29, 1.82) is 0 Å². The smallest absolute Gasteiger partial charge is 0.107 e. The molecular weight excluding hydrogens is 258 g/mol. The maximum atomic E-state index is 5.47. The van der Waals surface area contributed by atoms with Crippen LogP contribution in [0.3, 0.4) is 0 Å². The van der Waals surface area contributed by atoms with E-state index in [-0.39, 0.29) is 0 Å². The molecule has 19 heavy (non-hydrogen) atoms. The molecule has 2 heterocycles. The fourth-order valence-corrected chi connectivity index (χ4v) is 2.91. The third-order valence-electron chi connectivity index (χ3n) is 3.13. The zero-order valence-electron chi connectivity index (χ0n) is 12.0. The van der Waals surface area contributed by atoms with E-state index in [1.165, 1.54) is 10.7 Å². The maximum Gasteiger partial charge on any atom is 0.107 e. The van der Waals surface area contributed by atoms with Crippen molar-refractivity contribution in [2.24, 2.45) is 5.92 Å². The molecule has 4 nitrogen and oxygen atoms in total. The van der Waals surface area contributed by atoms with E-state index >= 15 is 0 Å². The largest absolute Gasteiger partial charge is 0.380 e. The van der Waals surface area contributed by atoms with Gasteiger partial charge in [-0.15, -0.1) is 11.3 Å². The van der Waals surface area contributed by atoms with Crippen molar-refractivity contribution in [3.05, 3.63) is 16.1 Å². The molecule has 1 aliphatic rings. The van der Waals surface area contributed by atoms with E-state index in [1.54, 1.807) is 11.3 Å². The minimum absolute atomic E-state index is 0.691. The van der Waals surface area contributed by atoms with E-state index in [1.807, 2.05) is 0 Å². The van der Waals surface area contributed by atoms with Gasteiger partial charge < -0.3 is 10.1 Å². The summed E-state index contributed by atoms with van der Waals surface area (Å²) in [6.07, 6.45) is 1.13. The highest BCUT2D eigenvalue weighted by Crippen LogP contribution is 2.13. The fourth-order valence-electron chi connectivity index (χ4n) is 2.16. The van der Waals surface area contributed by atoms with E-state index < -0.39 is 0 Å². The summed E-state index contributed by atoms with van der Waals surface area (Å²) in [6, 6.07) is 0. The number of hydrogen-bond acceptors (Lipinski definition) is 5. The molecule has 5 heteroatoms. The quantitative estimate of drug-likeness (QED) is 0.868. The average molecular weight is 283 g/mol. The molecule has 108 valence electrons. The molecule has 1 fully saturated rings. The minimum Gasteiger partial charge on any atom is -0.380 e. The van der Waals surface area contributed by atoms with E-state index in [0.717, 1.165) is 52.4 Å². The number of nitrogens with zero attached hydrogens (tertiary/aromatic N) is 2. The van der Waals surface area contributed by atoms with Crippen LogP contribution in [0.2, 0.25) is 0 Å². The van der Waals surface area contributed by atoms with Crippen LogP contribution in [0.25, 0.3) is 0 Å². The van der Waals surface area contributed by atoms with Gasteiger partial charge in [0.25, 0.3) is 0 Å². The molecule has 1 saturated heterocycles. The number of aromatic nitrogens is 1. The molecule has 1 aliphatic heterocycles. The van der Waals surface area contributed by atoms with Gasteiger partial charge in [0, 0.05) is 38.2 Å². The summed E-state index contributed by atoms with van der Waals surface area (Å²) < 4.78 is 5.47. The Kier molecular flexibility index (Phi) is 6.23. The molecule has 0 aromatic carbocycles. The Morgan fingerprint density at radius 1 is 1.42 bits per heavy atom. The van der Waals surface area contributed by atoms with Crippen molar-refractivity contribution in [3.63, 3.8) is 0 Å². The lowest BCUT2D eigenvalue weighted by molar-refractivity contribution is 0.140. The Morgan fingerprint density at radius 3 is 3.16 bits per heavy atom. The molecular formula is C14H25N3OS. The van der Waals surface area contributed by atoms with Crippen molar-refractivity contribution in [2.75, 3.05) is 32.8 Å². The standard InChI is InChI=1S/C14H25N3OS/c1-12(2)8-15-9-14-16-13(11-19-14)10-17-4-3-6-18-7-5-17/h11-12,15H,3-10H2,1-2H3. The summed E-state index contributed by atoms with van der Waals surface area (Å²) in [5.74, 6) is 0.691. The highest BCUT2D eigenvalue weighted by Gasteiger charge is 2.11. The highest BCUT2D eigenvalue weighted by atomic mass is 32.1. The molecule has 0 spiro atoms. The van der Waals surface area contributed by atoms with Crippen molar-refractivity contribution in [2.45, 2.75) is 33.4 Å². The second-order valence-electron chi connectivity index (χ2n) is 5.50. The van der Waals surface area contributed by atoms with Gasteiger partial charge in [-0.2, -0.15) is 0 Å². The van der Waals surface area contributed by atoms with Gasteiger partial charge in [-0.25, -0.2) is 4.98 Å². The first-order valence-corrected chi connectivity index (χ1v) is 8.06. The summed E-state index contributed by atoms with van der Waals surface area (Å²) in [4.78, 5) is 7.14. The first kappa shape index (κ1) is 14.9. The third-order valence-corrected chi connectivity index (χ3v) is 4.03. The molecule has 1 N–H and O–H groups in total. The Hall–Kier alpha value is -0.490. The Labute approximate surface area is 120 Å². The van der Waals surface area contributed by atoms with Crippen molar-refractivity contribution >= 4 is 11.3 Å². The van der Waals surface area contributed by atoms with Gasteiger partial charge in [0.1, 0.15) is 5.01 Å². The second-order valence-corrected chi connectivity index (χ2v) is 6.44. The van der Waals surface area contributed by atoms with Crippen LogP contribution in [-0.4, -0.2) is 42.7 Å². The monoisotopic (exact) mass is 283 g/mol. The molecule has 2 rings (SSSR count). The molecule has 1 aromatic heterocycles. The number of rotatable bonds is 6. The summed E-state index contributed by atoms with van der Waals surface area (Å²) in [7, 11) is 0. The first-order valence-electron chi connectivity index (χ1n) is 7.18. The molecule has 0 saturated carbocycles. The van der Waals surface area contributed by atoms with Gasteiger partial charge in [0.2, 0.25) is 0 Å². The summed E-state index contributed by atoms with van der Waals surface area (Å²) in [5, 5.41) is 6.83. The lowest BCUT2D eigenvalue weighted by Gasteiger charge is -2.17. The molecule has 0 unspecified atom stereocenters. The maximum absolute atomic E-state index is 5.47. The molecule has 0 amide bonds. The van der Waals surface area contributed by atoms with Crippen LogP contribution in [0.4, 0.5) is 0 Å². The van der Waals surface area contributed by atoms with Crippen molar-refractivity contribution in [1.82, 2.24) is 15.2 Å². The van der Waals surface area contributed by atoms with E-state index in [2.05, 4.69) is 29.4 Å². The zero-order chi connectivity index (χ0) is 13.5. The molecule has 0 radical (unpaired) electrons. The zero-order valence-corrected chi connectivity index (χ0v) is 12.8. The number of nitrogens with one attached hydrogen (secondary N) is 1. The van der Waals surface area contributed by atoms with Crippen LogP contribution < -0.4 is 5.32 Å². The van der Waals surface area contributed by atoms with E-state index in [4.69, 9.17) is 9.72 Å². The minimum atomic E-state index is 0.691. The lowest BCUT2D eigenvalue weighted by Crippen LogP contribution is -2.26. The van der Waals surface area contributed by atoms with Crippen LogP contribution in [-0.2, 0) is 17.8 Å². The van der Waals surface area contributed by atoms with Crippen LogP contribution in [0.5, 0.6) is 0 Å². The fraction of sp³-hybridized carbons (Fsp3) is 0.786. The molecule has 1 aromatic rings. The second kappa shape index (κ2) is 7.94. The Balaban J connectivity index is 1.76. The summed E-state index contributed by atoms with van der Waals surface area (Å²) in [5.41, 5.74) is 1.20. The predicted octanol–water partition coefficient (Wildman–Crippen LogP) is 2.11. The first-order chi connectivity index (χ1) is 9.24. The van der Waals surface area contributed by atoms with Crippen molar-refractivity contribution in [3.8, 4) is 0 Å². The molecule has 0 atom stereocenters. The van der Waals surface area contributed by atoms with Gasteiger partial charge in [0.15, 0.2) is 0 Å². The molecule has 0 bridgehead atoms. The number of thiazole rings is 1. The average Bonchev–Trinajstić information content (AvgIpc) is 2.65. The third kappa shape index (κ3) is 5.57. The SMILES string of the molecule is CC(C)CNCc1nc(CN2CCCOCC2)cs1. The van der Waals surface area contributed by atoms with Gasteiger partial charge >= 0.3 is 0 Å². The summed E-state index contributed by atoms with van der Waals surface area (Å²) >= 11 is 1.76. The topological polar surface area (TPSA) is 37.4 Å². The molecule has 0 aliphatic carbocycles. The normalized spacial score (nSPS) is 17.8. The Bertz CT molecular complexity index is 359. The van der Waals surface area contributed by atoms with Crippen LogP contribution in [0, 0.1) is 5.92 Å². The van der Waals surface area contributed by atoms with Crippen LogP contribution in [0.15, 0.2) is 5.38 Å². The van der Waals surface area contributed by atoms with Gasteiger partial charge in [0.05, 0.1) is 12.3 Å². The predicted molar refractivity (Wildman–Crippen MR) is 79.4 cm³/mol. The summed E-state index contributed by atoms with van der Waals surface area (Å²) in [6.45, 7) is 11.3. The highest BCUT2D eigenvalue weighted by molar-refractivity contribution is 7.09. The number of ether oxygens (including phenoxy) is 1. The Morgan fingerprint density at radius 2 is 2.32 bits per heavy atom.